The number of unbranched alkanes of at least 4 members (excludes halogenated alkanes) is 18. The normalized spacial score (nSPS) is 12.4. The van der Waals surface area contributed by atoms with E-state index in [4.69, 9.17) is 4.74 Å². The Morgan fingerprint density at radius 3 is 1.39 bits per heavy atom. The Balaban J connectivity index is 3.17. The number of hydrogen-bond donors (Lipinski definition) is 1. The Kier molecular flexibility index (Phi) is 23.6. The molecule has 0 fully saturated rings. The Hall–Kier alpha value is -0.610. The first kappa shape index (κ1) is 30.4. The minimum absolute atomic E-state index is 0.107. The minimum Gasteiger partial charge on any atom is -0.463 e. The van der Waals surface area contributed by atoms with Gasteiger partial charge in [-0.2, -0.15) is 0 Å². The van der Waals surface area contributed by atoms with Gasteiger partial charge in [0.05, 0.1) is 0 Å². The highest BCUT2D eigenvalue weighted by molar-refractivity contribution is 5.69. The summed E-state index contributed by atoms with van der Waals surface area (Å²) < 4.78 is 5.13. The van der Waals surface area contributed by atoms with Gasteiger partial charge in [0.1, 0.15) is 12.7 Å². The molecule has 0 aromatic carbocycles. The van der Waals surface area contributed by atoms with E-state index in [0.717, 1.165) is 12.8 Å². The molecule has 31 heavy (non-hydrogen) atoms. The van der Waals surface area contributed by atoms with Crippen LogP contribution in [0.1, 0.15) is 135 Å². The van der Waals surface area contributed by atoms with Gasteiger partial charge in [-0.1, -0.05) is 122 Å². The van der Waals surface area contributed by atoms with Gasteiger partial charge in [0.25, 0.3) is 0 Å². The maximum absolute atomic E-state index is 11.7. The van der Waals surface area contributed by atoms with Crippen molar-refractivity contribution in [1.82, 2.24) is 4.90 Å². The van der Waals surface area contributed by atoms with Crippen molar-refractivity contribution in [2.24, 2.45) is 0 Å². The molecular weight excluding hydrogens is 386 g/mol. The lowest BCUT2D eigenvalue weighted by molar-refractivity contribution is -0.147. The predicted molar refractivity (Wildman–Crippen MR) is 134 cm³/mol. The lowest BCUT2D eigenvalue weighted by Gasteiger charge is -2.15. The van der Waals surface area contributed by atoms with E-state index in [9.17, 15) is 9.90 Å². The summed E-state index contributed by atoms with van der Waals surface area (Å²) in [4.78, 5) is 13.6. The molecule has 0 saturated heterocycles. The van der Waals surface area contributed by atoms with Gasteiger partial charge in [-0.05, 0) is 20.5 Å². The van der Waals surface area contributed by atoms with Crippen LogP contribution in [-0.4, -0.2) is 49.3 Å². The van der Waals surface area contributed by atoms with Crippen LogP contribution in [0, 0.1) is 0 Å². The zero-order chi connectivity index (χ0) is 23.0. The number of likely N-dealkylation sites (N-methyl/N-ethyl adjacent to an activating group) is 1. The van der Waals surface area contributed by atoms with Crippen LogP contribution in [0.5, 0.6) is 0 Å². The van der Waals surface area contributed by atoms with Crippen LogP contribution < -0.4 is 0 Å². The molecule has 0 aliphatic carbocycles. The number of carbonyl (C=O) groups is 1. The van der Waals surface area contributed by atoms with Crippen molar-refractivity contribution in [3.8, 4) is 0 Å². The fourth-order valence-electron chi connectivity index (χ4n) is 4.08. The fourth-order valence-corrected chi connectivity index (χ4v) is 4.08. The summed E-state index contributed by atoms with van der Waals surface area (Å²) in [6.07, 6.45) is 25.6. The zero-order valence-electron chi connectivity index (χ0n) is 21.3. The molecule has 0 radical (unpaired) electrons. The van der Waals surface area contributed by atoms with E-state index in [2.05, 4.69) is 6.92 Å². The summed E-state index contributed by atoms with van der Waals surface area (Å²) in [7, 11) is 3.79. The van der Waals surface area contributed by atoms with Gasteiger partial charge >= 0.3 is 5.97 Å². The van der Waals surface area contributed by atoms with Crippen LogP contribution in [0.25, 0.3) is 0 Å². The van der Waals surface area contributed by atoms with Gasteiger partial charge in [0.2, 0.25) is 0 Å². The van der Waals surface area contributed by atoms with Crippen molar-refractivity contribution in [1.29, 1.82) is 0 Å². The molecule has 0 aromatic rings. The van der Waals surface area contributed by atoms with E-state index < -0.39 is 6.10 Å². The highest BCUT2D eigenvalue weighted by Gasteiger charge is 2.09. The summed E-state index contributed by atoms with van der Waals surface area (Å²) in [5.74, 6) is -0.176. The van der Waals surface area contributed by atoms with E-state index in [-0.39, 0.29) is 12.6 Å². The lowest BCUT2D eigenvalue weighted by atomic mass is 10.0. The molecule has 0 aliphatic rings. The number of nitrogens with zero attached hydrogens (tertiary/aromatic N) is 1. The number of ether oxygens (including phenoxy) is 1. The van der Waals surface area contributed by atoms with Gasteiger partial charge in [-0.3, -0.25) is 4.79 Å². The number of hydrogen-bond acceptors (Lipinski definition) is 4. The van der Waals surface area contributed by atoms with Crippen molar-refractivity contribution >= 4 is 5.97 Å². The number of aliphatic hydroxyl groups excluding tert-OH is 1. The Morgan fingerprint density at radius 2 is 1.03 bits per heavy atom. The minimum atomic E-state index is -0.593. The van der Waals surface area contributed by atoms with Crippen LogP contribution in [-0.2, 0) is 9.53 Å². The third-order valence-electron chi connectivity index (χ3n) is 6.00. The highest BCUT2D eigenvalue weighted by Crippen LogP contribution is 2.14. The summed E-state index contributed by atoms with van der Waals surface area (Å²) in [6, 6.07) is 0. The molecule has 0 aliphatic heterocycles. The van der Waals surface area contributed by atoms with Crippen molar-refractivity contribution in [2.75, 3.05) is 27.2 Å². The quantitative estimate of drug-likeness (QED) is 0.126. The van der Waals surface area contributed by atoms with Gasteiger partial charge in [-0.25, -0.2) is 0 Å². The smallest absolute Gasteiger partial charge is 0.305 e. The van der Waals surface area contributed by atoms with Gasteiger partial charge in [-0.15, -0.1) is 0 Å². The van der Waals surface area contributed by atoms with E-state index >= 15 is 0 Å². The summed E-state index contributed by atoms with van der Waals surface area (Å²) in [6.45, 7) is 2.91. The van der Waals surface area contributed by atoms with Crippen LogP contribution in [0.15, 0.2) is 0 Å². The number of esters is 1. The molecule has 0 aromatic heterocycles. The Bertz CT molecular complexity index is 373. The summed E-state index contributed by atoms with van der Waals surface area (Å²) in [5, 5.41) is 9.68. The van der Waals surface area contributed by atoms with E-state index in [1.54, 1.807) is 0 Å². The maximum Gasteiger partial charge on any atom is 0.305 e. The van der Waals surface area contributed by atoms with E-state index in [1.807, 2.05) is 19.0 Å². The molecular formula is C27H55NO3. The molecule has 186 valence electrons. The number of rotatable bonds is 24. The largest absolute Gasteiger partial charge is 0.463 e. The molecule has 0 heterocycles. The second-order valence-corrected chi connectivity index (χ2v) is 9.71. The Labute approximate surface area is 194 Å². The molecule has 4 heteroatoms. The maximum atomic E-state index is 11.7. The van der Waals surface area contributed by atoms with Gasteiger partial charge in [0.15, 0.2) is 0 Å². The average Bonchev–Trinajstić information content (AvgIpc) is 2.73. The monoisotopic (exact) mass is 441 g/mol. The second-order valence-electron chi connectivity index (χ2n) is 9.71. The number of aliphatic hydroxyl groups is 1. The molecule has 0 saturated carbocycles. The Morgan fingerprint density at radius 1 is 0.677 bits per heavy atom. The first-order chi connectivity index (χ1) is 15.1. The third-order valence-corrected chi connectivity index (χ3v) is 6.00. The third kappa shape index (κ3) is 25.5. The van der Waals surface area contributed by atoms with Crippen LogP contribution in [0.2, 0.25) is 0 Å². The fraction of sp³-hybridized carbons (Fsp3) is 0.963. The molecule has 1 N–H and O–H groups in total. The van der Waals surface area contributed by atoms with Gasteiger partial charge in [0, 0.05) is 13.0 Å². The molecule has 1 atom stereocenters. The number of carbonyl (C=O) groups excluding carboxylic acids is 1. The lowest BCUT2D eigenvalue weighted by Crippen LogP contribution is -2.30. The van der Waals surface area contributed by atoms with Crippen molar-refractivity contribution in [3.05, 3.63) is 0 Å². The standard InChI is InChI=1S/C27H55NO3/c1-4-5-6-7-8-9-10-11-12-13-14-15-16-17-18-19-20-21-22-23-27(30)31-25-26(29)24-28(2)3/h26,29H,4-25H2,1-3H3. The molecule has 0 amide bonds. The van der Waals surface area contributed by atoms with Crippen LogP contribution in [0.3, 0.4) is 0 Å². The predicted octanol–water partition coefficient (Wildman–Crippen LogP) is 7.27. The summed E-state index contributed by atoms with van der Waals surface area (Å²) >= 11 is 0. The van der Waals surface area contributed by atoms with Gasteiger partial charge < -0.3 is 14.7 Å². The van der Waals surface area contributed by atoms with E-state index in [0.29, 0.717) is 13.0 Å². The van der Waals surface area contributed by atoms with Crippen molar-refractivity contribution in [3.63, 3.8) is 0 Å². The molecule has 0 spiro atoms. The topological polar surface area (TPSA) is 49.8 Å². The summed E-state index contributed by atoms with van der Waals surface area (Å²) in [5.41, 5.74) is 0. The highest BCUT2D eigenvalue weighted by atomic mass is 16.5. The first-order valence-corrected chi connectivity index (χ1v) is 13.5. The molecule has 0 rings (SSSR count). The first-order valence-electron chi connectivity index (χ1n) is 13.5. The van der Waals surface area contributed by atoms with Crippen molar-refractivity contribution < 1.29 is 14.6 Å². The second kappa shape index (κ2) is 24.0. The van der Waals surface area contributed by atoms with Crippen molar-refractivity contribution in [2.45, 2.75) is 141 Å². The molecule has 4 nitrogen and oxygen atoms in total. The van der Waals surface area contributed by atoms with Crippen LogP contribution >= 0.6 is 0 Å². The zero-order valence-corrected chi connectivity index (χ0v) is 21.3. The average molecular weight is 442 g/mol. The SMILES string of the molecule is CCCCCCCCCCCCCCCCCCCCCC(=O)OCC(O)CN(C)C. The van der Waals surface area contributed by atoms with Crippen LogP contribution in [0.4, 0.5) is 0 Å². The molecule has 0 bridgehead atoms. The molecule has 1 unspecified atom stereocenters. The van der Waals surface area contributed by atoms with E-state index in [1.165, 1.54) is 109 Å².